The fourth-order valence-corrected chi connectivity index (χ4v) is 6.76. The largest absolute Gasteiger partial charge is 0.393 e. The summed E-state index contributed by atoms with van der Waals surface area (Å²) in [5.74, 6) is -1.78. The van der Waals surface area contributed by atoms with Crippen molar-refractivity contribution in [2.75, 3.05) is 13.7 Å². The van der Waals surface area contributed by atoms with Crippen molar-refractivity contribution < 1.29 is 69.7 Å². The first-order valence-corrected chi connectivity index (χ1v) is 20.9. The second-order valence-corrected chi connectivity index (χ2v) is 15.8. The predicted molar refractivity (Wildman–Crippen MR) is 224 cm³/mol. The minimum Gasteiger partial charge on any atom is -0.393 e. The first-order valence-electron chi connectivity index (χ1n) is 20.9. The van der Waals surface area contributed by atoms with Gasteiger partial charge in [-0.2, -0.15) is 0 Å². The van der Waals surface area contributed by atoms with Gasteiger partial charge < -0.3 is 69.7 Å². The fourth-order valence-electron chi connectivity index (χ4n) is 6.76. The quantitative estimate of drug-likeness (QED) is 0.0407. The molecule has 2 aliphatic rings. The lowest BCUT2D eigenvalue weighted by Crippen LogP contribution is -2.50. The Kier molecular flexibility index (Phi) is 26.3. The molecular weight excluding hydrogens is 764 g/mol. The third-order valence-corrected chi connectivity index (χ3v) is 10.4. The second-order valence-electron chi connectivity index (χ2n) is 15.8. The van der Waals surface area contributed by atoms with Gasteiger partial charge in [0.05, 0.1) is 61.0 Å². The summed E-state index contributed by atoms with van der Waals surface area (Å²) in [5, 5.41) is 93.7. The number of ether oxygens (including phenoxy) is 4. The van der Waals surface area contributed by atoms with E-state index in [1.807, 2.05) is 79.8 Å². The van der Waals surface area contributed by atoms with E-state index in [1.165, 1.54) is 0 Å². The van der Waals surface area contributed by atoms with Crippen LogP contribution in [0.4, 0.5) is 0 Å². The van der Waals surface area contributed by atoms with Gasteiger partial charge in [0.2, 0.25) is 0 Å². The van der Waals surface area contributed by atoms with E-state index in [1.54, 1.807) is 26.2 Å². The molecule has 0 bridgehead atoms. The van der Waals surface area contributed by atoms with Gasteiger partial charge in [-0.3, -0.25) is 0 Å². The van der Waals surface area contributed by atoms with E-state index in [0.29, 0.717) is 32.2 Å². The summed E-state index contributed by atoms with van der Waals surface area (Å²) >= 11 is 0. The Morgan fingerprint density at radius 2 is 1.34 bits per heavy atom. The number of carbonyl (C=O) groups excluding carboxylic acids is 1. The van der Waals surface area contributed by atoms with E-state index >= 15 is 0 Å². The minimum absolute atomic E-state index is 0.0158. The molecule has 0 aromatic rings. The summed E-state index contributed by atoms with van der Waals surface area (Å²) in [6.45, 7) is 4.21. The molecule has 2 heterocycles. The van der Waals surface area contributed by atoms with Gasteiger partial charge in [-0.05, 0) is 57.8 Å². The van der Waals surface area contributed by atoms with Crippen LogP contribution in [0.5, 0.6) is 0 Å². The first-order chi connectivity index (χ1) is 28.2. The maximum atomic E-state index is 11.5. The summed E-state index contributed by atoms with van der Waals surface area (Å²) in [4.78, 5) is 10.5. The number of rotatable bonds is 28. The van der Waals surface area contributed by atoms with Crippen molar-refractivity contribution in [2.24, 2.45) is 5.92 Å². The Morgan fingerprint density at radius 3 is 1.97 bits per heavy atom. The van der Waals surface area contributed by atoms with Crippen molar-refractivity contribution in [3.8, 4) is 0 Å². The molecule has 2 aliphatic heterocycles. The van der Waals surface area contributed by atoms with Crippen LogP contribution in [0.1, 0.15) is 90.9 Å². The minimum atomic E-state index is -1.76. The Labute approximate surface area is 350 Å². The van der Waals surface area contributed by atoms with Gasteiger partial charge in [0.1, 0.15) is 12.4 Å². The molecule has 0 spiro atoms. The van der Waals surface area contributed by atoms with Crippen molar-refractivity contribution in [1.29, 1.82) is 0 Å². The molecule has 336 valence electrons. The van der Waals surface area contributed by atoms with Crippen molar-refractivity contribution in [2.45, 2.75) is 170 Å². The van der Waals surface area contributed by atoms with Crippen LogP contribution in [0.3, 0.4) is 0 Å². The lowest BCUT2D eigenvalue weighted by atomic mass is 9.86. The Bertz CT molecular complexity index is 1350. The molecule has 12 unspecified atom stereocenters. The second kappa shape index (κ2) is 29.6. The topological polar surface area (TPSA) is 236 Å². The highest BCUT2D eigenvalue weighted by atomic mass is 16.7. The normalized spacial score (nSPS) is 29.7. The van der Waals surface area contributed by atoms with Crippen LogP contribution in [0.25, 0.3) is 0 Å². The van der Waals surface area contributed by atoms with Crippen LogP contribution in [-0.2, 0) is 23.7 Å². The number of methoxy groups -OCH3 is 1. The molecule has 0 saturated carbocycles. The highest BCUT2D eigenvalue weighted by Gasteiger charge is 2.43. The number of allylic oxidation sites excluding steroid dienone is 12. The maximum Gasteiger partial charge on any atom is 0.184 e. The van der Waals surface area contributed by atoms with Crippen LogP contribution < -0.4 is 0 Å². The first kappa shape index (κ1) is 52.5. The van der Waals surface area contributed by atoms with E-state index in [-0.39, 0.29) is 63.7 Å². The molecule has 14 atom stereocenters. The molecule has 9 N–H and O–H groups in total. The number of hydrogen-bond acceptors (Lipinski definition) is 14. The zero-order valence-corrected chi connectivity index (χ0v) is 34.9. The van der Waals surface area contributed by atoms with E-state index in [2.05, 4.69) is 0 Å². The van der Waals surface area contributed by atoms with Gasteiger partial charge in [0, 0.05) is 45.8 Å². The molecule has 14 heteroatoms. The summed E-state index contributed by atoms with van der Waals surface area (Å²) in [5.41, 5.74) is 0. The monoisotopic (exact) mass is 836 g/mol. The van der Waals surface area contributed by atoms with Crippen LogP contribution in [0.15, 0.2) is 85.1 Å². The fraction of sp³-hybridized carbons (Fsp3) is 0.667. The molecule has 59 heavy (non-hydrogen) atoms. The van der Waals surface area contributed by atoms with E-state index in [0.717, 1.165) is 0 Å². The van der Waals surface area contributed by atoms with Crippen molar-refractivity contribution in [3.05, 3.63) is 85.1 Å². The van der Waals surface area contributed by atoms with Crippen molar-refractivity contribution >= 4 is 6.29 Å². The molecule has 2 saturated heterocycles. The summed E-state index contributed by atoms with van der Waals surface area (Å²) in [6, 6.07) is 0. The Balaban J connectivity index is 1.97. The van der Waals surface area contributed by atoms with Crippen molar-refractivity contribution in [3.63, 3.8) is 0 Å². The molecule has 2 fully saturated rings. The van der Waals surface area contributed by atoms with Gasteiger partial charge in [0.15, 0.2) is 12.1 Å². The van der Waals surface area contributed by atoms with Gasteiger partial charge in [-0.15, -0.1) is 0 Å². The van der Waals surface area contributed by atoms with Crippen molar-refractivity contribution in [1.82, 2.24) is 0 Å². The molecule has 0 aromatic carbocycles. The van der Waals surface area contributed by atoms with Gasteiger partial charge in [-0.1, -0.05) is 92.0 Å². The molecule has 0 aromatic heterocycles. The molecule has 0 radical (unpaired) electrons. The maximum absolute atomic E-state index is 11.5. The van der Waals surface area contributed by atoms with Gasteiger partial charge in [0.25, 0.3) is 0 Å². The molecule has 0 amide bonds. The van der Waals surface area contributed by atoms with E-state index < -0.39 is 79.2 Å². The Hall–Kier alpha value is -2.67. The van der Waals surface area contributed by atoms with Crippen LogP contribution in [-0.4, -0.2) is 145 Å². The zero-order chi connectivity index (χ0) is 43.6. The highest BCUT2D eigenvalue weighted by Crippen LogP contribution is 2.37. The molecule has 2 rings (SSSR count). The van der Waals surface area contributed by atoms with E-state index in [4.69, 9.17) is 18.9 Å². The summed E-state index contributed by atoms with van der Waals surface area (Å²) in [7, 11) is 1.61. The predicted octanol–water partition coefficient (Wildman–Crippen LogP) is 3.15. The number of carbonyl (C=O) groups is 1. The SMILES string of the molecule is COCCC(O)C/C=C/C=C/C=C/C=C/C=C/C=C/C=C/C(CC1OC(O)(CC(O)C(O)CCC(O)CC(O)CC(O)CC=O)CCC1C)OC1O[C@H](C)C(O)C[C@@H]1O. The van der Waals surface area contributed by atoms with E-state index in [9.17, 15) is 50.8 Å². The average molecular weight is 837 g/mol. The van der Waals surface area contributed by atoms with Crippen LogP contribution in [0.2, 0.25) is 0 Å². The third-order valence-electron chi connectivity index (χ3n) is 10.4. The average Bonchev–Trinajstić information content (AvgIpc) is 3.17. The number of aliphatic hydroxyl groups is 9. The molecular formula is C45H72O14. The van der Waals surface area contributed by atoms with Gasteiger partial charge in [-0.25, -0.2) is 0 Å². The Morgan fingerprint density at radius 1 is 0.729 bits per heavy atom. The number of aliphatic hydroxyl groups excluding tert-OH is 8. The highest BCUT2D eigenvalue weighted by molar-refractivity contribution is 5.50. The zero-order valence-electron chi connectivity index (χ0n) is 34.9. The molecule has 0 aliphatic carbocycles. The third kappa shape index (κ3) is 22.7. The summed E-state index contributed by atoms with van der Waals surface area (Å²) < 4.78 is 23.2. The lowest BCUT2D eigenvalue weighted by Gasteiger charge is -2.43. The number of hydrogen-bond donors (Lipinski definition) is 9. The lowest BCUT2D eigenvalue weighted by molar-refractivity contribution is -0.295. The van der Waals surface area contributed by atoms with Crippen LogP contribution in [0, 0.1) is 5.92 Å². The van der Waals surface area contributed by atoms with Gasteiger partial charge >= 0.3 is 0 Å². The van der Waals surface area contributed by atoms with Crippen LogP contribution >= 0.6 is 0 Å². The summed E-state index contributed by atoms with van der Waals surface area (Å²) in [6.07, 6.45) is 17.6. The smallest absolute Gasteiger partial charge is 0.184 e. The molecule has 14 nitrogen and oxygen atoms in total. The standard InChI is InChI=1S/C45H72O14/c1-32-21-24-45(55,31-42(54)39(51)20-19-35(48)27-37(50)28-36(49)22-25-46)59-43(32)29-38(58-44-41(53)30-40(52)33(2)57-44)18-16-14-12-10-8-6-4-5-7-9-11-13-15-17-34(47)23-26-56-3/h4-16,18,25,32-44,47-55H,17,19-24,26-31H2,1-3H3/b6-4+,7-5+,10-8+,11-9+,14-12+,15-13+,18-16+/t32?,33-,34?,35?,36?,37?,38?,39?,40?,41+,42?,43?,44?,45?/m1/s1. The number of aldehydes is 1.